The quantitative estimate of drug-likeness (QED) is 0.572. The van der Waals surface area contributed by atoms with Gasteiger partial charge in [-0.05, 0) is 26.0 Å². The second kappa shape index (κ2) is 7.96. The van der Waals surface area contributed by atoms with Crippen molar-refractivity contribution in [2.75, 3.05) is 31.1 Å². The van der Waals surface area contributed by atoms with Gasteiger partial charge in [0.05, 0.1) is 4.90 Å². The van der Waals surface area contributed by atoms with Gasteiger partial charge in [-0.2, -0.15) is 4.31 Å². The standard InChI is InChI=1S/C20H22N6O3S/c1-15(27)17-4-3-5-18(12-17)30(28,29)25-10-8-24(9-11-25)19-13-20(23-14-22-19)26-7-6-21-16(26)2/h3-7,12-14H,8-11H2,1-2H3. The van der Waals surface area contributed by atoms with E-state index >= 15 is 0 Å². The molecule has 2 aromatic heterocycles. The van der Waals surface area contributed by atoms with Crippen molar-refractivity contribution in [3.63, 3.8) is 0 Å². The van der Waals surface area contributed by atoms with E-state index in [1.165, 1.54) is 29.7 Å². The van der Waals surface area contributed by atoms with Crippen molar-refractivity contribution < 1.29 is 13.2 Å². The minimum atomic E-state index is -3.66. The number of piperazine rings is 1. The van der Waals surface area contributed by atoms with Crippen LogP contribution >= 0.6 is 0 Å². The van der Waals surface area contributed by atoms with Gasteiger partial charge in [0.1, 0.15) is 23.8 Å². The summed E-state index contributed by atoms with van der Waals surface area (Å²) in [5.74, 6) is 2.11. The first kappa shape index (κ1) is 20.2. The van der Waals surface area contributed by atoms with E-state index in [9.17, 15) is 13.2 Å². The summed E-state index contributed by atoms with van der Waals surface area (Å²) in [5, 5.41) is 0. The first-order valence-electron chi connectivity index (χ1n) is 9.55. The van der Waals surface area contributed by atoms with Crippen molar-refractivity contribution in [3.05, 3.63) is 60.4 Å². The number of aromatic nitrogens is 4. The van der Waals surface area contributed by atoms with Crippen LogP contribution in [0.5, 0.6) is 0 Å². The van der Waals surface area contributed by atoms with E-state index in [2.05, 4.69) is 15.0 Å². The summed E-state index contributed by atoms with van der Waals surface area (Å²) >= 11 is 0. The number of sulfonamides is 1. The molecular formula is C20H22N6O3S. The molecule has 156 valence electrons. The second-order valence-electron chi connectivity index (χ2n) is 7.05. The number of aryl methyl sites for hydroxylation is 1. The predicted octanol–water partition coefficient (Wildman–Crippen LogP) is 1.68. The molecule has 0 spiro atoms. The number of imidazole rings is 1. The second-order valence-corrected chi connectivity index (χ2v) is 8.99. The predicted molar refractivity (Wildman–Crippen MR) is 111 cm³/mol. The van der Waals surface area contributed by atoms with E-state index in [1.807, 2.05) is 28.7 Å². The zero-order valence-corrected chi connectivity index (χ0v) is 17.6. The van der Waals surface area contributed by atoms with E-state index in [-0.39, 0.29) is 10.7 Å². The zero-order chi connectivity index (χ0) is 21.3. The van der Waals surface area contributed by atoms with Gasteiger partial charge in [0, 0.05) is 50.2 Å². The van der Waals surface area contributed by atoms with E-state index in [0.29, 0.717) is 37.6 Å². The van der Waals surface area contributed by atoms with Gasteiger partial charge in [-0.25, -0.2) is 23.4 Å². The number of anilines is 1. The Balaban J connectivity index is 1.50. The highest BCUT2D eigenvalue weighted by Crippen LogP contribution is 2.22. The normalized spacial score (nSPS) is 15.3. The monoisotopic (exact) mass is 426 g/mol. The molecule has 0 N–H and O–H groups in total. The summed E-state index contributed by atoms with van der Waals surface area (Å²) in [7, 11) is -3.66. The van der Waals surface area contributed by atoms with Gasteiger partial charge < -0.3 is 4.90 Å². The number of Topliss-reactive ketones (excluding diaryl/α,β-unsaturated/α-hetero) is 1. The number of rotatable bonds is 5. The van der Waals surface area contributed by atoms with Crippen molar-refractivity contribution in [1.29, 1.82) is 0 Å². The fourth-order valence-electron chi connectivity index (χ4n) is 3.44. The first-order chi connectivity index (χ1) is 14.4. The molecule has 3 heterocycles. The maximum absolute atomic E-state index is 13.0. The molecule has 1 aromatic carbocycles. The largest absolute Gasteiger partial charge is 0.354 e. The van der Waals surface area contributed by atoms with Crippen LogP contribution in [0.2, 0.25) is 0 Å². The summed E-state index contributed by atoms with van der Waals surface area (Å²) in [4.78, 5) is 26.7. The molecule has 4 rings (SSSR count). The van der Waals surface area contributed by atoms with Gasteiger partial charge in [-0.15, -0.1) is 0 Å². The number of ketones is 1. The van der Waals surface area contributed by atoms with Crippen molar-refractivity contribution in [3.8, 4) is 5.82 Å². The SMILES string of the molecule is CC(=O)c1cccc(S(=O)(=O)N2CCN(c3cc(-n4ccnc4C)ncn3)CC2)c1. The molecule has 0 amide bonds. The van der Waals surface area contributed by atoms with Crippen LogP contribution in [0.4, 0.5) is 5.82 Å². The first-order valence-corrected chi connectivity index (χ1v) is 11.0. The number of benzene rings is 1. The minimum absolute atomic E-state index is 0.142. The lowest BCUT2D eigenvalue weighted by Crippen LogP contribution is -2.49. The van der Waals surface area contributed by atoms with Crippen LogP contribution in [0.25, 0.3) is 5.82 Å². The van der Waals surface area contributed by atoms with Crippen LogP contribution in [0.1, 0.15) is 23.1 Å². The van der Waals surface area contributed by atoms with Crippen LogP contribution in [-0.4, -0.2) is 64.2 Å². The minimum Gasteiger partial charge on any atom is -0.354 e. The topological polar surface area (TPSA) is 101 Å². The molecule has 0 aliphatic carbocycles. The van der Waals surface area contributed by atoms with Gasteiger partial charge in [-0.3, -0.25) is 9.36 Å². The number of hydrogen-bond acceptors (Lipinski definition) is 7. The smallest absolute Gasteiger partial charge is 0.243 e. The molecule has 3 aromatic rings. The third-order valence-electron chi connectivity index (χ3n) is 5.15. The number of carbonyl (C=O) groups is 1. The maximum atomic E-state index is 13.0. The molecule has 0 radical (unpaired) electrons. The third kappa shape index (κ3) is 3.83. The Morgan fingerprint density at radius 2 is 1.73 bits per heavy atom. The zero-order valence-electron chi connectivity index (χ0n) is 16.8. The number of carbonyl (C=O) groups excluding carboxylic acids is 1. The Bertz CT molecular complexity index is 1180. The van der Waals surface area contributed by atoms with E-state index in [4.69, 9.17) is 0 Å². The molecule has 0 saturated carbocycles. The molecule has 1 aliphatic heterocycles. The Morgan fingerprint density at radius 3 is 2.40 bits per heavy atom. The average Bonchev–Trinajstić information content (AvgIpc) is 3.20. The lowest BCUT2D eigenvalue weighted by atomic mass is 10.2. The van der Waals surface area contributed by atoms with Crippen LogP contribution < -0.4 is 4.90 Å². The van der Waals surface area contributed by atoms with E-state index in [1.54, 1.807) is 18.3 Å². The maximum Gasteiger partial charge on any atom is 0.243 e. The lowest BCUT2D eigenvalue weighted by molar-refractivity contribution is 0.101. The number of nitrogens with zero attached hydrogens (tertiary/aromatic N) is 6. The van der Waals surface area contributed by atoms with Crippen molar-refractivity contribution in [1.82, 2.24) is 23.8 Å². The fourth-order valence-corrected chi connectivity index (χ4v) is 4.91. The average molecular weight is 427 g/mol. The van der Waals surface area contributed by atoms with Gasteiger partial charge in [-0.1, -0.05) is 12.1 Å². The van der Waals surface area contributed by atoms with Crippen LogP contribution in [0.3, 0.4) is 0 Å². The molecule has 1 fully saturated rings. The van der Waals surface area contributed by atoms with E-state index in [0.717, 1.165) is 11.6 Å². The molecule has 9 nitrogen and oxygen atoms in total. The summed E-state index contributed by atoms with van der Waals surface area (Å²) in [6.07, 6.45) is 5.05. The summed E-state index contributed by atoms with van der Waals surface area (Å²) in [6.45, 7) is 4.99. The molecule has 10 heteroatoms. The van der Waals surface area contributed by atoms with Crippen LogP contribution in [0.15, 0.2) is 53.9 Å². The highest BCUT2D eigenvalue weighted by Gasteiger charge is 2.29. The molecular weight excluding hydrogens is 404 g/mol. The van der Waals surface area contributed by atoms with Gasteiger partial charge in [0.15, 0.2) is 5.78 Å². The molecule has 0 unspecified atom stereocenters. The third-order valence-corrected chi connectivity index (χ3v) is 7.05. The Labute approximate surface area is 175 Å². The highest BCUT2D eigenvalue weighted by atomic mass is 32.2. The Hall–Kier alpha value is -3.11. The molecule has 30 heavy (non-hydrogen) atoms. The number of hydrogen-bond donors (Lipinski definition) is 0. The summed E-state index contributed by atoms with van der Waals surface area (Å²) in [6, 6.07) is 8.05. The van der Waals surface area contributed by atoms with Crippen molar-refractivity contribution in [2.24, 2.45) is 0 Å². The molecule has 1 saturated heterocycles. The fraction of sp³-hybridized carbons (Fsp3) is 0.300. The van der Waals surface area contributed by atoms with Gasteiger partial charge >= 0.3 is 0 Å². The lowest BCUT2D eigenvalue weighted by Gasteiger charge is -2.34. The highest BCUT2D eigenvalue weighted by molar-refractivity contribution is 7.89. The molecule has 0 atom stereocenters. The van der Waals surface area contributed by atoms with Gasteiger partial charge in [0.25, 0.3) is 0 Å². The summed E-state index contributed by atoms with van der Waals surface area (Å²) in [5.41, 5.74) is 0.387. The Kier molecular flexibility index (Phi) is 5.35. The molecule has 1 aliphatic rings. The van der Waals surface area contributed by atoms with Crippen molar-refractivity contribution in [2.45, 2.75) is 18.7 Å². The van der Waals surface area contributed by atoms with Gasteiger partial charge in [0.2, 0.25) is 10.0 Å². The van der Waals surface area contributed by atoms with Crippen LogP contribution in [0, 0.1) is 6.92 Å². The van der Waals surface area contributed by atoms with E-state index < -0.39 is 10.0 Å². The molecule has 0 bridgehead atoms. The van der Waals surface area contributed by atoms with Crippen LogP contribution in [-0.2, 0) is 10.0 Å². The summed E-state index contributed by atoms with van der Waals surface area (Å²) < 4.78 is 29.3. The Morgan fingerprint density at radius 1 is 1.00 bits per heavy atom. The van der Waals surface area contributed by atoms with Crippen molar-refractivity contribution >= 4 is 21.6 Å².